The minimum atomic E-state index is -3.79. The number of nitrogens with zero attached hydrogens (tertiary/aromatic N) is 1. The Morgan fingerprint density at radius 1 is 1.19 bits per heavy atom. The molecule has 0 unspecified atom stereocenters. The van der Waals surface area contributed by atoms with Crippen molar-refractivity contribution in [1.29, 1.82) is 0 Å². The third-order valence-corrected chi connectivity index (χ3v) is 4.70. The van der Waals surface area contributed by atoms with E-state index in [1.54, 1.807) is 0 Å². The Morgan fingerprint density at radius 2 is 1.81 bits per heavy atom. The molecule has 11 heteroatoms. The van der Waals surface area contributed by atoms with E-state index in [9.17, 15) is 16.8 Å². The monoisotopic (exact) mass is 356 g/mol. The fourth-order valence-electron chi connectivity index (χ4n) is 1.37. The molecule has 120 valence electrons. The Labute approximate surface area is 129 Å². The number of sulfonamides is 2. The molecule has 3 N–H and O–H groups in total. The van der Waals surface area contributed by atoms with Gasteiger partial charge in [0.05, 0.1) is 11.3 Å². The van der Waals surface area contributed by atoms with Crippen LogP contribution < -0.4 is 14.8 Å². The lowest BCUT2D eigenvalue weighted by Gasteiger charge is -2.09. The molecule has 0 amide bonds. The van der Waals surface area contributed by atoms with E-state index in [1.165, 1.54) is 12.3 Å². The molecule has 0 aliphatic carbocycles. The Kier molecular flexibility index (Phi) is 6.35. The first-order valence-corrected chi connectivity index (χ1v) is 9.74. The maximum Gasteiger partial charge on any atom is 0.242 e. The van der Waals surface area contributed by atoms with Gasteiger partial charge in [0.15, 0.2) is 0 Å². The largest absolute Gasteiger partial charge is 0.369 e. The van der Waals surface area contributed by atoms with Crippen LogP contribution in [0.5, 0.6) is 0 Å². The number of halogens is 1. The van der Waals surface area contributed by atoms with Gasteiger partial charge in [-0.05, 0) is 13.0 Å². The van der Waals surface area contributed by atoms with Gasteiger partial charge >= 0.3 is 0 Å². The molecule has 1 rings (SSSR count). The van der Waals surface area contributed by atoms with Crippen LogP contribution in [-0.4, -0.2) is 47.7 Å². The zero-order valence-electron chi connectivity index (χ0n) is 11.6. The first kappa shape index (κ1) is 18.1. The summed E-state index contributed by atoms with van der Waals surface area (Å²) in [6, 6.07) is 1.28. The van der Waals surface area contributed by atoms with E-state index in [1.807, 2.05) is 6.92 Å². The number of anilines is 1. The van der Waals surface area contributed by atoms with Gasteiger partial charge in [0.25, 0.3) is 0 Å². The van der Waals surface area contributed by atoms with E-state index in [-0.39, 0.29) is 23.0 Å². The van der Waals surface area contributed by atoms with Gasteiger partial charge in [-0.15, -0.1) is 0 Å². The smallest absolute Gasteiger partial charge is 0.242 e. The summed E-state index contributed by atoms with van der Waals surface area (Å²) < 4.78 is 50.1. The molecular formula is C10H17ClN4O4S2. The van der Waals surface area contributed by atoms with Gasteiger partial charge in [-0.1, -0.05) is 11.6 Å². The molecule has 8 nitrogen and oxygen atoms in total. The first-order chi connectivity index (χ1) is 9.65. The van der Waals surface area contributed by atoms with Crippen molar-refractivity contribution in [3.63, 3.8) is 0 Å². The van der Waals surface area contributed by atoms with Crippen molar-refractivity contribution in [2.24, 2.45) is 0 Å². The molecule has 0 saturated heterocycles. The Balaban J connectivity index is 2.72. The SMILES string of the molecule is CCNc1ncc(S(=O)(=O)NCCNS(C)(=O)=O)cc1Cl. The Morgan fingerprint density at radius 3 is 2.33 bits per heavy atom. The summed E-state index contributed by atoms with van der Waals surface area (Å²) in [5.41, 5.74) is 0. The highest BCUT2D eigenvalue weighted by Crippen LogP contribution is 2.22. The van der Waals surface area contributed by atoms with Crippen LogP contribution in [0.4, 0.5) is 5.82 Å². The van der Waals surface area contributed by atoms with Crippen molar-refractivity contribution in [3.05, 3.63) is 17.3 Å². The van der Waals surface area contributed by atoms with Crippen molar-refractivity contribution in [3.8, 4) is 0 Å². The maximum absolute atomic E-state index is 12.0. The molecule has 0 aromatic carbocycles. The first-order valence-electron chi connectivity index (χ1n) is 5.99. The molecule has 0 aliphatic heterocycles. The van der Waals surface area contributed by atoms with Crippen molar-refractivity contribution >= 4 is 37.5 Å². The molecule has 0 radical (unpaired) electrons. The lowest BCUT2D eigenvalue weighted by atomic mass is 10.4. The second-order valence-corrected chi connectivity index (χ2v) is 8.10. The van der Waals surface area contributed by atoms with Crippen LogP contribution in [0.25, 0.3) is 0 Å². The van der Waals surface area contributed by atoms with E-state index in [0.29, 0.717) is 12.4 Å². The average Bonchev–Trinajstić information content (AvgIpc) is 2.36. The topological polar surface area (TPSA) is 117 Å². The highest BCUT2D eigenvalue weighted by Gasteiger charge is 2.16. The van der Waals surface area contributed by atoms with Crippen LogP contribution in [-0.2, 0) is 20.0 Å². The third-order valence-electron chi connectivity index (χ3n) is 2.25. The molecule has 0 bridgehead atoms. The van der Waals surface area contributed by atoms with Crippen molar-refractivity contribution in [2.75, 3.05) is 31.2 Å². The predicted molar refractivity (Wildman–Crippen MR) is 81.4 cm³/mol. The summed E-state index contributed by atoms with van der Waals surface area (Å²) in [6.07, 6.45) is 2.17. The molecule has 21 heavy (non-hydrogen) atoms. The lowest BCUT2D eigenvalue weighted by molar-refractivity contribution is 0.573. The number of hydrogen-bond acceptors (Lipinski definition) is 6. The molecule has 0 aliphatic rings. The van der Waals surface area contributed by atoms with Crippen LogP contribution in [0.15, 0.2) is 17.2 Å². The quantitative estimate of drug-likeness (QED) is 0.564. The van der Waals surface area contributed by atoms with Gasteiger partial charge in [0, 0.05) is 25.8 Å². The van der Waals surface area contributed by atoms with Crippen LogP contribution in [0.3, 0.4) is 0 Å². The van der Waals surface area contributed by atoms with Crippen LogP contribution in [0.2, 0.25) is 5.02 Å². The summed E-state index contributed by atoms with van der Waals surface area (Å²) in [6.45, 7) is 2.34. The summed E-state index contributed by atoms with van der Waals surface area (Å²) in [4.78, 5) is 3.84. The van der Waals surface area contributed by atoms with E-state index in [4.69, 9.17) is 11.6 Å². The number of hydrogen-bond donors (Lipinski definition) is 3. The maximum atomic E-state index is 12.0. The molecule has 0 spiro atoms. The van der Waals surface area contributed by atoms with E-state index >= 15 is 0 Å². The minimum absolute atomic E-state index is 0.0469. The molecule has 1 heterocycles. The van der Waals surface area contributed by atoms with Gasteiger partial charge in [0.1, 0.15) is 10.7 Å². The average molecular weight is 357 g/mol. The molecule has 1 aromatic heterocycles. The van der Waals surface area contributed by atoms with E-state index in [0.717, 1.165) is 6.26 Å². The number of aromatic nitrogens is 1. The molecule has 0 fully saturated rings. The van der Waals surface area contributed by atoms with Crippen molar-refractivity contribution in [2.45, 2.75) is 11.8 Å². The summed E-state index contributed by atoms with van der Waals surface area (Å²) in [5, 5.41) is 3.08. The van der Waals surface area contributed by atoms with Gasteiger partial charge in [-0.2, -0.15) is 0 Å². The van der Waals surface area contributed by atoms with Crippen molar-refractivity contribution < 1.29 is 16.8 Å². The summed E-state index contributed by atoms with van der Waals surface area (Å²) in [7, 11) is -7.14. The van der Waals surface area contributed by atoms with E-state index < -0.39 is 20.0 Å². The second kappa shape index (κ2) is 7.36. The lowest BCUT2D eigenvalue weighted by Crippen LogP contribution is -2.34. The van der Waals surface area contributed by atoms with E-state index in [2.05, 4.69) is 19.7 Å². The standard InChI is InChI=1S/C10H17ClN4O4S2/c1-3-12-10-9(11)6-8(7-13-10)21(18,19)15-5-4-14-20(2,16)17/h6-7,14-15H,3-5H2,1-2H3,(H,12,13). The van der Waals surface area contributed by atoms with Crippen LogP contribution >= 0.6 is 11.6 Å². The van der Waals surface area contributed by atoms with Gasteiger partial charge in [-0.25, -0.2) is 31.3 Å². The Hall–Kier alpha value is -0.940. The minimum Gasteiger partial charge on any atom is -0.369 e. The summed E-state index contributed by atoms with van der Waals surface area (Å²) >= 11 is 5.93. The molecule has 1 aromatic rings. The zero-order valence-corrected chi connectivity index (χ0v) is 13.9. The number of rotatable bonds is 8. The summed E-state index contributed by atoms with van der Waals surface area (Å²) in [5.74, 6) is 0.400. The molecular weight excluding hydrogens is 340 g/mol. The highest BCUT2D eigenvalue weighted by atomic mass is 35.5. The second-order valence-electron chi connectivity index (χ2n) is 4.10. The fourth-order valence-corrected chi connectivity index (χ4v) is 3.14. The van der Waals surface area contributed by atoms with Gasteiger partial charge < -0.3 is 5.32 Å². The third kappa shape index (κ3) is 6.14. The van der Waals surface area contributed by atoms with Crippen LogP contribution in [0.1, 0.15) is 6.92 Å². The zero-order chi connectivity index (χ0) is 16.1. The van der Waals surface area contributed by atoms with Crippen LogP contribution in [0, 0.1) is 0 Å². The van der Waals surface area contributed by atoms with Crippen molar-refractivity contribution in [1.82, 2.24) is 14.4 Å². The molecule has 0 atom stereocenters. The Bertz CT molecular complexity index is 691. The fraction of sp³-hybridized carbons (Fsp3) is 0.500. The van der Waals surface area contributed by atoms with Gasteiger partial charge in [-0.3, -0.25) is 0 Å². The normalized spacial score (nSPS) is 12.3. The number of nitrogens with one attached hydrogen (secondary N) is 3. The number of pyridine rings is 1. The highest BCUT2D eigenvalue weighted by molar-refractivity contribution is 7.89. The van der Waals surface area contributed by atoms with Gasteiger partial charge in [0.2, 0.25) is 20.0 Å². The predicted octanol–water partition coefficient (Wildman–Crippen LogP) is -0.00570. The molecule has 0 saturated carbocycles.